The number of ether oxygens (including phenoxy) is 2. The minimum atomic E-state index is 0.126. The highest BCUT2D eigenvalue weighted by atomic mass is 79.9. The Morgan fingerprint density at radius 1 is 1.20 bits per heavy atom. The van der Waals surface area contributed by atoms with Gasteiger partial charge in [0.2, 0.25) is 12.7 Å². The zero-order valence-corrected chi connectivity index (χ0v) is 16.5. The normalized spacial score (nSPS) is 19.0. The second-order valence-corrected chi connectivity index (χ2v) is 7.58. The molecule has 1 fully saturated rings. The summed E-state index contributed by atoms with van der Waals surface area (Å²) in [6.45, 7) is 9.51. The predicted octanol–water partition coefficient (Wildman–Crippen LogP) is 2.21. The highest BCUT2D eigenvalue weighted by molar-refractivity contribution is 9.10. The number of hydrogen-bond donors (Lipinski definition) is 1. The van der Waals surface area contributed by atoms with Crippen LogP contribution in [0.3, 0.4) is 0 Å². The van der Waals surface area contributed by atoms with Crippen molar-refractivity contribution >= 4 is 21.8 Å². The maximum absolute atomic E-state index is 12.0. The number of benzene rings is 1. The Balaban J connectivity index is 1.47. The lowest BCUT2D eigenvalue weighted by Crippen LogP contribution is -2.49. The zero-order valence-electron chi connectivity index (χ0n) is 14.9. The first-order valence-electron chi connectivity index (χ1n) is 8.87. The monoisotopic (exact) mass is 411 g/mol. The quantitative estimate of drug-likeness (QED) is 0.777. The molecule has 1 unspecified atom stereocenters. The van der Waals surface area contributed by atoms with Crippen molar-refractivity contribution in [2.75, 3.05) is 39.5 Å². The van der Waals surface area contributed by atoms with Crippen LogP contribution in [0.4, 0.5) is 0 Å². The molecule has 1 atom stereocenters. The van der Waals surface area contributed by atoms with Crippen molar-refractivity contribution in [3.05, 3.63) is 22.2 Å². The summed E-state index contributed by atoms with van der Waals surface area (Å²) in [7, 11) is 0. The summed E-state index contributed by atoms with van der Waals surface area (Å²) in [4.78, 5) is 16.6. The third-order valence-corrected chi connectivity index (χ3v) is 5.53. The first-order chi connectivity index (χ1) is 12.0. The lowest BCUT2D eigenvalue weighted by atomic mass is 10.1. The van der Waals surface area contributed by atoms with Crippen LogP contribution in [-0.2, 0) is 11.3 Å². The maximum Gasteiger partial charge on any atom is 0.234 e. The molecule has 0 aliphatic carbocycles. The van der Waals surface area contributed by atoms with Crippen LogP contribution >= 0.6 is 15.9 Å². The molecule has 1 N–H and O–H groups in total. The van der Waals surface area contributed by atoms with E-state index in [1.54, 1.807) is 0 Å². The summed E-state index contributed by atoms with van der Waals surface area (Å²) in [6.07, 6.45) is 0.962. The minimum absolute atomic E-state index is 0.126. The fraction of sp³-hybridized carbons (Fsp3) is 0.611. The molecule has 1 aromatic carbocycles. The summed E-state index contributed by atoms with van der Waals surface area (Å²) in [5.74, 6) is 1.74. The highest BCUT2D eigenvalue weighted by Crippen LogP contribution is 2.37. The Morgan fingerprint density at radius 2 is 1.84 bits per heavy atom. The van der Waals surface area contributed by atoms with Crippen molar-refractivity contribution in [1.82, 2.24) is 15.1 Å². The number of fused-ring (bicyclic) bond motifs is 1. The predicted molar refractivity (Wildman–Crippen MR) is 99.9 cm³/mol. The van der Waals surface area contributed by atoms with Crippen molar-refractivity contribution < 1.29 is 14.3 Å². The summed E-state index contributed by atoms with van der Waals surface area (Å²) in [5, 5.41) is 3.03. The first kappa shape index (κ1) is 18.5. The average molecular weight is 412 g/mol. The largest absolute Gasteiger partial charge is 0.454 e. The van der Waals surface area contributed by atoms with Crippen molar-refractivity contribution in [2.24, 2.45) is 0 Å². The van der Waals surface area contributed by atoms with Gasteiger partial charge in [0.1, 0.15) is 0 Å². The van der Waals surface area contributed by atoms with Gasteiger partial charge >= 0.3 is 0 Å². The fourth-order valence-corrected chi connectivity index (χ4v) is 3.50. The van der Waals surface area contributed by atoms with Gasteiger partial charge in [-0.2, -0.15) is 0 Å². The lowest BCUT2D eigenvalue weighted by Gasteiger charge is -2.34. The molecule has 0 aromatic heterocycles. The van der Waals surface area contributed by atoms with Crippen LogP contribution in [0.15, 0.2) is 16.6 Å². The molecule has 25 heavy (non-hydrogen) atoms. The Labute approximate surface area is 157 Å². The summed E-state index contributed by atoms with van der Waals surface area (Å²) < 4.78 is 11.9. The number of halogens is 1. The van der Waals surface area contributed by atoms with E-state index in [2.05, 4.69) is 44.0 Å². The lowest BCUT2D eigenvalue weighted by molar-refractivity contribution is -0.123. The van der Waals surface area contributed by atoms with Crippen LogP contribution in [0.1, 0.15) is 25.8 Å². The van der Waals surface area contributed by atoms with Gasteiger partial charge in [0.05, 0.1) is 6.54 Å². The minimum Gasteiger partial charge on any atom is -0.454 e. The van der Waals surface area contributed by atoms with Gasteiger partial charge in [0.25, 0.3) is 0 Å². The summed E-state index contributed by atoms with van der Waals surface area (Å²) in [5.41, 5.74) is 1.20. The number of carbonyl (C=O) groups excluding carboxylic acids is 1. The fourth-order valence-electron chi connectivity index (χ4n) is 3.05. The average Bonchev–Trinajstić information content (AvgIpc) is 3.03. The Kier molecular flexibility index (Phi) is 6.19. The number of rotatable bonds is 6. The molecule has 1 amide bonds. The Morgan fingerprint density at radius 3 is 2.52 bits per heavy atom. The number of hydrogen-bond acceptors (Lipinski definition) is 5. The molecule has 3 rings (SSSR count). The molecular weight excluding hydrogens is 386 g/mol. The molecule has 0 bridgehead atoms. The zero-order chi connectivity index (χ0) is 17.8. The summed E-state index contributed by atoms with van der Waals surface area (Å²) >= 11 is 3.63. The van der Waals surface area contributed by atoms with Crippen LogP contribution < -0.4 is 14.8 Å². The molecule has 138 valence electrons. The first-order valence-corrected chi connectivity index (χ1v) is 9.66. The third-order valence-electron chi connectivity index (χ3n) is 4.79. The topological polar surface area (TPSA) is 54.0 Å². The standard InChI is InChI=1S/C18H26BrN3O3/c1-3-13(2)20-18(23)11-22-6-4-21(5-7-22)10-14-8-16-17(9-15(14)19)25-12-24-16/h8-9,13H,3-7,10-12H2,1-2H3,(H,20,23). The smallest absolute Gasteiger partial charge is 0.234 e. The van der Waals surface area contributed by atoms with Crippen molar-refractivity contribution in [2.45, 2.75) is 32.9 Å². The van der Waals surface area contributed by atoms with Crippen LogP contribution in [0, 0.1) is 0 Å². The van der Waals surface area contributed by atoms with Crippen LogP contribution in [-0.4, -0.2) is 61.3 Å². The molecular formula is C18H26BrN3O3. The SMILES string of the molecule is CCC(C)NC(=O)CN1CCN(Cc2cc3c(cc2Br)OCO3)CC1. The van der Waals surface area contributed by atoms with Gasteiger partial charge < -0.3 is 14.8 Å². The van der Waals surface area contributed by atoms with E-state index in [0.29, 0.717) is 13.3 Å². The van der Waals surface area contributed by atoms with Gasteiger partial charge in [0, 0.05) is 43.2 Å². The van der Waals surface area contributed by atoms with E-state index >= 15 is 0 Å². The molecule has 0 spiro atoms. The van der Waals surface area contributed by atoms with E-state index in [1.165, 1.54) is 5.56 Å². The molecule has 2 heterocycles. The second-order valence-electron chi connectivity index (χ2n) is 6.73. The van der Waals surface area contributed by atoms with Gasteiger partial charge in [0.15, 0.2) is 11.5 Å². The second kappa shape index (κ2) is 8.38. The number of carbonyl (C=O) groups is 1. The van der Waals surface area contributed by atoms with E-state index in [0.717, 1.165) is 55.1 Å². The molecule has 2 aliphatic heterocycles. The molecule has 1 aromatic rings. The molecule has 0 radical (unpaired) electrons. The van der Waals surface area contributed by atoms with Crippen LogP contribution in [0.25, 0.3) is 0 Å². The van der Waals surface area contributed by atoms with Gasteiger partial charge in [-0.3, -0.25) is 14.6 Å². The van der Waals surface area contributed by atoms with E-state index < -0.39 is 0 Å². The third kappa shape index (κ3) is 4.86. The number of nitrogens with zero attached hydrogens (tertiary/aromatic N) is 2. The Bertz CT molecular complexity index is 618. The van der Waals surface area contributed by atoms with Crippen LogP contribution in [0.5, 0.6) is 11.5 Å². The number of piperazine rings is 1. The Hall–Kier alpha value is -1.31. The van der Waals surface area contributed by atoms with E-state index in [-0.39, 0.29) is 11.9 Å². The highest BCUT2D eigenvalue weighted by Gasteiger charge is 2.22. The van der Waals surface area contributed by atoms with Gasteiger partial charge in [-0.15, -0.1) is 0 Å². The number of amides is 1. The molecule has 2 aliphatic rings. The molecule has 6 nitrogen and oxygen atoms in total. The molecule has 7 heteroatoms. The van der Waals surface area contributed by atoms with Gasteiger partial charge in [-0.05, 0) is 31.0 Å². The molecule has 1 saturated heterocycles. The van der Waals surface area contributed by atoms with Crippen LogP contribution in [0.2, 0.25) is 0 Å². The van der Waals surface area contributed by atoms with Crippen molar-refractivity contribution in [3.63, 3.8) is 0 Å². The number of nitrogens with one attached hydrogen (secondary N) is 1. The van der Waals surface area contributed by atoms with Gasteiger partial charge in [-0.25, -0.2) is 0 Å². The molecule has 0 saturated carbocycles. The van der Waals surface area contributed by atoms with Crippen molar-refractivity contribution in [1.29, 1.82) is 0 Å². The van der Waals surface area contributed by atoms with E-state index in [1.807, 2.05) is 13.0 Å². The maximum atomic E-state index is 12.0. The van der Waals surface area contributed by atoms with E-state index in [4.69, 9.17) is 9.47 Å². The van der Waals surface area contributed by atoms with Crippen molar-refractivity contribution in [3.8, 4) is 11.5 Å². The van der Waals surface area contributed by atoms with Gasteiger partial charge in [-0.1, -0.05) is 22.9 Å². The van der Waals surface area contributed by atoms with E-state index in [9.17, 15) is 4.79 Å². The summed E-state index contributed by atoms with van der Waals surface area (Å²) in [6, 6.07) is 4.28.